The van der Waals surface area contributed by atoms with E-state index in [0.717, 1.165) is 35.4 Å². The molecule has 0 bridgehead atoms. The lowest BCUT2D eigenvalue weighted by Gasteiger charge is -2.30. The van der Waals surface area contributed by atoms with Gasteiger partial charge in [-0.2, -0.15) is 19.6 Å². The first-order valence-corrected chi connectivity index (χ1v) is 12.4. The van der Waals surface area contributed by atoms with Crippen LogP contribution in [0.4, 0.5) is 23.0 Å². The Morgan fingerprint density at radius 3 is 2.83 bits per heavy atom. The summed E-state index contributed by atoms with van der Waals surface area (Å²) in [6.07, 6.45) is 2.98. The summed E-state index contributed by atoms with van der Waals surface area (Å²) in [5.41, 5.74) is 4.04. The number of carbonyl (C=O) groups excluding carboxylic acids is 1. The van der Waals surface area contributed by atoms with Gasteiger partial charge in [-0.05, 0) is 30.3 Å². The molecular formula is C26H23N7O2S. The smallest absolute Gasteiger partial charge is 0.247 e. The Morgan fingerprint density at radius 2 is 1.97 bits per heavy atom. The molecule has 0 unspecified atom stereocenters. The molecule has 4 heterocycles. The van der Waals surface area contributed by atoms with Crippen LogP contribution in [0.1, 0.15) is 0 Å². The average Bonchev–Trinajstić information content (AvgIpc) is 3.56. The van der Waals surface area contributed by atoms with Crippen molar-refractivity contribution < 1.29 is 9.53 Å². The fraction of sp³-hybridized carbons (Fsp3) is 0.154. The third kappa shape index (κ3) is 4.16. The molecule has 0 spiro atoms. The topological polar surface area (TPSA) is 96.7 Å². The van der Waals surface area contributed by atoms with Crippen LogP contribution in [-0.4, -0.2) is 51.8 Å². The minimum Gasteiger partial charge on any atom is -0.378 e. The van der Waals surface area contributed by atoms with Crippen molar-refractivity contribution >= 4 is 56.0 Å². The van der Waals surface area contributed by atoms with E-state index in [-0.39, 0.29) is 5.91 Å². The molecule has 10 heteroatoms. The molecule has 0 atom stereocenters. The van der Waals surface area contributed by atoms with Crippen LogP contribution in [0.25, 0.3) is 27.1 Å². The number of ether oxygens (including phenoxy) is 1. The largest absolute Gasteiger partial charge is 0.378 e. The van der Waals surface area contributed by atoms with Gasteiger partial charge in [-0.25, -0.2) is 0 Å². The number of benzene rings is 2. The van der Waals surface area contributed by atoms with Crippen molar-refractivity contribution in [2.24, 2.45) is 0 Å². The molecule has 1 amide bonds. The Labute approximate surface area is 211 Å². The van der Waals surface area contributed by atoms with E-state index in [4.69, 9.17) is 9.72 Å². The third-order valence-corrected chi connectivity index (χ3v) is 6.99. The van der Waals surface area contributed by atoms with Crippen molar-refractivity contribution in [1.82, 2.24) is 19.6 Å². The maximum Gasteiger partial charge on any atom is 0.247 e. The molecule has 1 aliphatic rings. The number of rotatable bonds is 6. The van der Waals surface area contributed by atoms with Crippen molar-refractivity contribution in [3.8, 4) is 11.4 Å². The Kier molecular flexibility index (Phi) is 5.80. The Morgan fingerprint density at radius 1 is 1.11 bits per heavy atom. The molecular weight excluding hydrogens is 474 g/mol. The molecule has 3 aromatic heterocycles. The quantitative estimate of drug-likeness (QED) is 0.328. The molecule has 6 rings (SSSR count). The molecule has 2 aromatic carbocycles. The summed E-state index contributed by atoms with van der Waals surface area (Å²) in [5.74, 6) is 0.869. The number of hydrogen-bond acceptors (Lipinski definition) is 8. The summed E-state index contributed by atoms with van der Waals surface area (Å²) < 4.78 is 8.41. The number of fused-ring (bicyclic) bond motifs is 2. The van der Waals surface area contributed by atoms with Gasteiger partial charge >= 0.3 is 0 Å². The summed E-state index contributed by atoms with van der Waals surface area (Å²) in [4.78, 5) is 23.8. The van der Waals surface area contributed by atoms with E-state index in [9.17, 15) is 4.79 Å². The van der Waals surface area contributed by atoms with Crippen LogP contribution in [0.15, 0.2) is 72.8 Å². The van der Waals surface area contributed by atoms with Crippen LogP contribution < -0.4 is 15.5 Å². The maximum absolute atomic E-state index is 12.2. The zero-order valence-electron chi connectivity index (χ0n) is 19.3. The predicted octanol–water partition coefficient (Wildman–Crippen LogP) is 4.71. The van der Waals surface area contributed by atoms with Crippen LogP contribution in [0.3, 0.4) is 0 Å². The van der Waals surface area contributed by atoms with Gasteiger partial charge in [0.2, 0.25) is 11.9 Å². The molecule has 36 heavy (non-hydrogen) atoms. The van der Waals surface area contributed by atoms with Gasteiger partial charge in [-0.1, -0.05) is 24.8 Å². The van der Waals surface area contributed by atoms with Crippen molar-refractivity contribution in [1.29, 1.82) is 0 Å². The second kappa shape index (κ2) is 9.40. The van der Waals surface area contributed by atoms with Gasteiger partial charge in [-0.15, -0.1) is 11.3 Å². The van der Waals surface area contributed by atoms with Crippen molar-refractivity contribution in [2.45, 2.75) is 0 Å². The predicted molar refractivity (Wildman–Crippen MR) is 143 cm³/mol. The van der Waals surface area contributed by atoms with Gasteiger partial charge in [0.05, 0.1) is 30.8 Å². The second-order valence-corrected chi connectivity index (χ2v) is 9.18. The lowest BCUT2D eigenvalue weighted by molar-refractivity contribution is -0.111. The van der Waals surface area contributed by atoms with Gasteiger partial charge in [-0.3, -0.25) is 4.79 Å². The number of hydrogen-bond donors (Lipinski definition) is 2. The SMILES string of the molecule is C=CC(=O)Nc1cc(Nc2nc(-c3csc4ccccc34)n3nccc3n2)ccc1N1CCOCC1. The normalized spacial score (nSPS) is 13.7. The van der Waals surface area contributed by atoms with Gasteiger partial charge in [0.25, 0.3) is 0 Å². The Hall–Kier alpha value is -4.28. The third-order valence-electron chi connectivity index (χ3n) is 6.03. The first-order chi connectivity index (χ1) is 17.7. The zero-order valence-corrected chi connectivity index (χ0v) is 20.2. The van der Waals surface area contributed by atoms with E-state index < -0.39 is 0 Å². The van der Waals surface area contributed by atoms with Crippen LogP contribution in [-0.2, 0) is 9.53 Å². The van der Waals surface area contributed by atoms with E-state index in [2.05, 4.69) is 49.7 Å². The molecule has 0 aliphatic carbocycles. The summed E-state index contributed by atoms with van der Waals surface area (Å²) in [6.45, 7) is 6.38. The molecule has 1 fully saturated rings. The summed E-state index contributed by atoms with van der Waals surface area (Å²) in [5, 5.41) is 13.9. The number of thiophene rings is 1. The molecule has 0 saturated carbocycles. The van der Waals surface area contributed by atoms with E-state index in [1.165, 1.54) is 10.8 Å². The minimum atomic E-state index is -0.273. The Bertz CT molecular complexity index is 1590. The number of anilines is 4. The number of nitrogens with zero attached hydrogens (tertiary/aromatic N) is 5. The highest BCUT2D eigenvalue weighted by atomic mass is 32.1. The highest BCUT2D eigenvalue weighted by Crippen LogP contribution is 2.34. The number of carbonyl (C=O) groups is 1. The van der Waals surface area contributed by atoms with Crippen molar-refractivity contribution in [3.05, 3.63) is 72.8 Å². The van der Waals surface area contributed by atoms with Crippen molar-refractivity contribution in [2.75, 3.05) is 41.8 Å². The molecule has 180 valence electrons. The molecule has 1 aliphatic heterocycles. The van der Waals surface area contributed by atoms with Crippen LogP contribution >= 0.6 is 11.3 Å². The average molecular weight is 498 g/mol. The summed E-state index contributed by atoms with van der Waals surface area (Å²) in [7, 11) is 0. The second-order valence-electron chi connectivity index (χ2n) is 8.27. The standard InChI is InChI=1S/C26H23N7O2S/c1-2-24(34)29-20-15-17(7-8-21(20)32-11-13-35-14-12-32)28-26-30-23-9-10-27-33(23)25(31-26)19-16-36-22-6-4-3-5-18(19)22/h2-10,15-16H,1,11-14H2,(H,28,30)(H,29,34). The molecule has 9 nitrogen and oxygen atoms in total. The molecule has 5 aromatic rings. The minimum absolute atomic E-state index is 0.273. The number of aromatic nitrogens is 4. The highest BCUT2D eigenvalue weighted by molar-refractivity contribution is 7.17. The monoisotopic (exact) mass is 497 g/mol. The number of nitrogens with one attached hydrogen (secondary N) is 2. The van der Waals surface area contributed by atoms with Crippen LogP contribution in [0.2, 0.25) is 0 Å². The fourth-order valence-electron chi connectivity index (χ4n) is 4.31. The van der Waals surface area contributed by atoms with Crippen molar-refractivity contribution in [3.63, 3.8) is 0 Å². The maximum atomic E-state index is 12.2. The highest BCUT2D eigenvalue weighted by Gasteiger charge is 2.18. The van der Waals surface area contributed by atoms with E-state index >= 15 is 0 Å². The van der Waals surface area contributed by atoms with Gasteiger partial charge in [0.1, 0.15) is 0 Å². The van der Waals surface area contributed by atoms with E-state index in [1.54, 1.807) is 22.0 Å². The lowest BCUT2D eigenvalue weighted by atomic mass is 10.1. The summed E-state index contributed by atoms with van der Waals surface area (Å²) >= 11 is 1.67. The van der Waals surface area contributed by atoms with Gasteiger partial charge in [0.15, 0.2) is 11.5 Å². The van der Waals surface area contributed by atoms with Gasteiger partial charge in [0, 0.05) is 45.9 Å². The molecule has 2 N–H and O–H groups in total. The van der Waals surface area contributed by atoms with Crippen LogP contribution in [0.5, 0.6) is 0 Å². The Balaban J connectivity index is 1.39. The fourth-order valence-corrected chi connectivity index (χ4v) is 5.25. The van der Waals surface area contributed by atoms with E-state index in [1.807, 2.05) is 36.4 Å². The molecule has 0 radical (unpaired) electrons. The number of amides is 1. The van der Waals surface area contributed by atoms with E-state index in [0.29, 0.717) is 36.3 Å². The number of morpholine rings is 1. The molecule has 1 saturated heterocycles. The first-order valence-electron chi connectivity index (χ1n) is 11.6. The lowest BCUT2D eigenvalue weighted by Crippen LogP contribution is -2.36. The van der Waals surface area contributed by atoms with Gasteiger partial charge < -0.3 is 20.3 Å². The zero-order chi connectivity index (χ0) is 24.5. The first kappa shape index (κ1) is 22.2. The van der Waals surface area contributed by atoms with Crippen LogP contribution in [0, 0.1) is 0 Å². The summed E-state index contributed by atoms with van der Waals surface area (Å²) in [6, 6.07) is 15.9.